The van der Waals surface area contributed by atoms with Gasteiger partial charge in [-0.05, 0) is 36.2 Å². The third kappa shape index (κ3) is 5.61. The summed E-state index contributed by atoms with van der Waals surface area (Å²) < 4.78 is 40.0. The zero-order valence-electron chi connectivity index (χ0n) is 12.3. The average molecular weight is 324 g/mol. The van der Waals surface area contributed by atoms with E-state index in [9.17, 15) is 18.0 Å². The minimum absolute atomic E-state index is 0.0664. The van der Waals surface area contributed by atoms with E-state index in [0.717, 1.165) is 5.56 Å². The lowest BCUT2D eigenvalue weighted by atomic mass is 10.1. The summed E-state index contributed by atoms with van der Waals surface area (Å²) in [7, 11) is 0. The Hall–Kier alpha value is -2.57. The van der Waals surface area contributed by atoms with Gasteiger partial charge in [-0.25, -0.2) is 0 Å². The van der Waals surface area contributed by atoms with Crippen molar-refractivity contribution in [3.8, 4) is 5.75 Å². The van der Waals surface area contributed by atoms with Gasteiger partial charge in [-0.15, -0.1) is 13.2 Å². The van der Waals surface area contributed by atoms with Gasteiger partial charge in [0.2, 0.25) is 5.91 Å². The van der Waals surface area contributed by atoms with E-state index in [1.807, 2.05) is 13.0 Å². The van der Waals surface area contributed by atoms with Gasteiger partial charge in [-0.3, -0.25) is 9.78 Å². The smallest absolute Gasteiger partial charge is 0.406 e. The standard InChI is InChI=1S/C16H15F3N2O2/c1-11(13-3-2-8-20-10-13)21-15(22)9-12-4-6-14(7-5-12)23-16(17,18)19/h2-8,10-11H,9H2,1H3,(H,21,22). The molecule has 1 aromatic carbocycles. The molecule has 23 heavy (non-hydrogen) atoms. The van der Waals surface area contributed by atoms with Crippen LogP contribution >= 0.6 is 0 Å². The van der Waals surface area contributed by atoms with Crippen LogP contribution in [-0.2, 0) is 11.2 Å². The maximum absolute atomic E-state index is 12.1. The number of aromatic nitrogens is 1. The van der Waals surface area contributed by atoms with E-state index in [2.05, 4.69) is 15.0 Å². The van der Waals surface area contributed by atoms with Crippen molar-refractivity contribution in [2.24, 2.45) is 0 Å². The van der Waals surface area contributed by atoms with E-state index in [1.165, 1.54) is 24.3 Å². The molecule has 0 aliphatic heterocycles. The molecule has 122 valence electrons. The molecule has 2 aromatic rings. The van der Waals surface area contributed by atoms with Crippen LogP contribution in [0.3, 0.4) is 0 Å². The normalized spacial score (nSPS) is 12.5. The molecule has 0 fully saturated rings. The molecule has 1 unspecified atom stereocenters. The quantitative estimate of drug-likeness (QED) is 0.917. The van der Waals surface area contributed by atoms with Crippen LogP contribution in [0.25, 0.3) is 0 Å². The van der Waals surface area contributed by atoms with Crippen LogP contribution in [0.2, 0.25) is 0 Å². The number of benzene rings is 1. The van der Waals surface area contributed by atoms with Crippen molar-refractivity contribution in [1.29, 1.82) is 0 Å². The molecule has 1 heterocycles. The Morgan fingerprint density at radius 1 is 1.26 bits per heavy atom. The Morgan fingerprint density at radius 3 is 2.52 bits per heavy atom. The Balaban J connectivity index is 1.90. The third-order valence-corrected chi connectivity index (χ3v) is 3.08. The molecule has 1 aromatic heterocycles. The van der Waals surface area contributed by atoms with Crippen LogP contribution in [0.15, 0.2) is 48.8 Å². The fourth-order valence-electron chi connectivity index (χ4n) is 2.00. The molecule has 4 nitrogen and oxygen atoms in total. The number of pyridine rings is 1. The molecule has 1 atom stereocenters. The highest BCUT2D eigenvalue weighted by atomic mass is 19.4. The number of hydrogen-bond donors (Lipinski definition) is 1. The molecule has 1 amide bonds. The molecule has 0 aliphatic carbocycles. The van der Waals surface area contributed by atoms with Crippen LogP contribution in [0.5, 0.6) is 5.75 Å². The van der Waals surface area contributed by atoms with Gasteiger partial charge in [0.05, 0.1) is 12.5 Å². The van der Waals surface area contributed by atoms with Crippen molar-refractivity contribution in [3.63, 3.8) is 0 Å². The Labute approximate surface area is 131 Å². The molecular weight excluding hydrogens is 309 g/mol. The summed E-state index contributed by atoms with van der Waals surface area (Å²) in [5.74, 6) is -0.545. The summed E-state index contributed by atoms with van der Waals surface area (Å²) in [6, 6.07) is 8.63. The second kappa shape index (κ2) is 7.13. The van der Waals surface area contributed by atoms with E-state index in [4.69, 9.17) is 0 Å². The molecule has 7 heteroatoms. The predicted molar refractivity (Wildman–Crippen MR) is 77.6 cm³/mol. The number of ether oxygens (including phenoxy) is 1. The number of carbonyl (C=O) groups is 1. The SMILES string of the molecule is CC(NC(=O)Cc1ccc(OC(F)(F)F)cc1)c1cccnc1. The van der Waals surface area contributed by atoms with Gasteiger partial charge >= 0.3 is 6.36 Å². The van der Waals surface area contributed by atoms with Crippen LogP contribution in [-0.4, -0.2) is 17.3 Å². The fraction of sp³-hybridized carbons (Fsp3) is 0.250. The number of amides is 1. The van der Waals surface area contributed by atoms with E-state index >= 15 is 0 Å². The van der Waals surface area contributed by atoms with Gasteiger partial charge in [0, 0.05) is 12.4 Å². The summed E-state index contributed by atoms with van der Waals surface area (Å²) >= 11 is 0. The first kappa shape index (κ1) is 16.8. The van der Waals surface area contributed by atoms with Crippen LogP contribution in [0, 0.1) is 0 Å². The second-order valence-electron chi connectivity index (χ2n) is 4.94. The minimum Gasteiger partial charge on any atom is -0.406 e. The molecule has 0 spiro atoms. The molecule has 1 N–H and O–H groups in total. The van der Waals surface area contributed by atoms with Gasteiger partial charge in [-0.1, -0.05) is 18.2 Å². The summed E-state index contributed by atoms with van der Waals surface area (Å²) in [6.07, 6.45) is -1.36. The molecule has 0 saturated heterocycles. The average Bonchev–Trinajstić information content (AvgIpc) is 2.48. The molecule has 0 radical (unpaired) electrons. The van der Waals surface area contributed by atoms with Crippen LogP contribution < -0.4 is 10.1 Å². The zero-order valence-corrected chi connectivity index (χ0v) is 12.3. The number of halogens is 3. The first-order valence-corrected chi connectivity index (χ1v) is 6.87. The van der Waals surface area contributed by atoms with Crippen LogP contribution in [0.1, 0.15) is 24.1 Å². The second-order valence-corrected chi connectivity index (χ2v) is 4.94. The van der Waals surface area contributed by atoms with E-state index in [1.54, 1.807) is 18.5 Å². The van der Waals surface area contributed by atoms with Crippen molar-refractivity contribution < 1.29 is 22.7 Å². The van der Waals surface area contributed by atoms with Crippen molar-refractivity contribution in [2.45, 2.75) is 25.7 Å². The maximum atomic E-state index is 12.1. The number of nitrogens with zero attached hydrogens (tertiary/aromatic N) is 1. The molecule has 0 saturated carbocycles. The monoisotopic (exact) mass is 324 g/mol. The first-order valence-electron chi connectivity index (χ1n) is 6.87. The minimum atomic E-state index is -4.72. The largest absolute Gasteiger partial charge is 0.573 e. The van der Waals surface area contributed by atoms with Gasteiger partial charge < -0.3 is 10.1 Å². The number of alkyl halides is 3. The van der Waals surface area contributed by atoms with E-state index < -0.39 is 6.36 Å². The van der Waals surface area contributed by atoms with Crippen LogP contribution in [0.4, 0.5) is 13.2 Å². The van der Waals surface area contributed by atoms with Crippen molar-refractivity contribution in [1.82, 2.24) is 10.3 Å². The lowest BCUT2D eigenvalue weighted by molar-refractivity contribution is -0.274. The highest BCUT2D eigenvalue weighted by Gasteiger charge is 2.30. The predicted octanol–water partition coefficient (Wildman–Crippen LogP) is 3.40. The topological polar surface area (TPSA) is 51.2 Å². The fourth-order valence-corrected chi connectivity index (χ4v) is 2.00. The summed E-state index contributed by atoms with van der Waals surface area (Å²) in [5.41, 5.74) is 1.46. The lowest BCUT2D eigenvalue weighted by Gasteiger charge is -2.14. The van der Waals surface area contributed by atoms with Crippen molar-refractivity contribution >= 4 is 5.91 Å². The summed E-state index contributed by atoms with van der Waals surface area (Å²) in [6.45, 7) is 1.83. The van der Waals surface area contributed by atoms with Crippen molar-refractivity contribution in [3.05, 3.63) is 59.9 Å². The van der Waals surface area contributed by atoms with Gasteiger partial charge in [0.15, 0.2) is 0 Å². The number of nitrogens with one attached hydrogen (secondary N) is 1. The van der Waals surface area contributed by atoms with Crippen molar-refractivity contribution in [2.75, 3.05) is 0 Å². The summed E-state index contributed by atoms with van der Waals surface area (Å²) in [4.78, 5) is 15.9. The van der Waals surface area contributed by atoms with Gasteiger partial charge in [0.1, 0.15) is 5.75 Å². The molecule has 2 rings (SSSR count). The highest BCUT2D eigenvalue weighted by Crippen LogP contribution is 2.22. The highest BCUT2D eigenvalue weighted by molar-refractivity contribution is 5.79. The Morgan fingerprint density at radius 2 is 1.96 bits per heavy atom. The molecular formula is C16H15F3N2O2. The lowest BCUT2D eigenvalue weighted by Crippen LogP contribution is -2.28. The van der Waals surface area contributed by atoms with Gasteiger partial charge in [0.25, 0.3) is 0 Å². The zero-order chi connectivity index (χ0) is 16.9. The Kier molecular flexibility index (Phi) is 5.20. The van der Waals surface area contributed by atoms with E-state index in [-0.39, 0.29) is 24.1 Å². The summed E-state index contributed by atoms with van der Waals surface area (Å²) in [5, 5.41) is 2.81. The molecule has 0 bridgehead atoms. The first-order chi connectivity index (χ1) is 10.8. The van der Waals surface area contributed by atoms with E-state index in [0.29, 0.717) is 5.56 Å². The number of hydrogen-bond acceptors (Lipinski definition) is 3. The number of rotatable bonds is 5. The number of carbonyl (C=O) groups excluding carboxylic acids is 1. The Bertz CT molecular complexity index is 643. The third-order valence-electron chi connectivity index (χ3n) is 3.08. The van der Waals surface area contributed by atoms with Gasteiger partial charge in [-0.2, -0.15) is 0 Å². The molecule has 0 aliphatic rings. The maximum Gasteiger partial charge on any atom is 0.573 e.